The van der Waals surface area contributed by atoms with Gasteiger partial charge < -0.3 is 5.32 Å². The molecule has 28 heavy (non-hydrogen) atoms. The van der Waals surface area contributed by atoms with Gasteiger partial charge in [0.15, 0.2) is 5.82 Å². The Labute approximate surface area is 164 Å². The molecule has 7 nitrogen and oxygen atoms in total. The van der Waals surface area contributed by atoms with E-state index in [2.05, 4.69) is 25.8 Å². The molecule has 0 aliphatic heterocycles. The number of tetrazole rings is 1. The Morgan fingerprint density at radius 2 is 2.07 bits per heavy atom. The van der Waals surface area contributed by atoms with Crippen LogP contribution in [0.2, 0.25) is 5.02 Å². The van der Waals surface area contributed by atoms with Gasteiger partial charge in [0.25, 0.3) is 0 Å². The lowest BCUT2D eigenvalue weighted by atomic mass is 10.3. The van der Waals surface area contributed by atoms with Crippen molar-refractivity contribution in [2.45, 2.75) is 11.3 Å². The SMILES string of the molecule is O=C(CSc1nnnn1-c1cccc(F)c1)Nc1ncc(C(F)(F)F)cc1Cl. The van der Waals surface area contributed by atoms with Crippen molar-refractivity contribution >= 4 is 35.1 Å². The predicted molar refractivity (Wildman–Crippen MR) is 92.7 cm³/mol. The number of halogens is 5. The van der Waals surface area contributed by atoms with E-state index in [1.807, 2.05) is 0 Å². The Kier molecular flexibility index (Phi) is 5.79. The first-order valence-corrected chi connectivity index (χ1v) is 8.80. The van der Waals surface area contributed by atoms with E-state index < -0.39 is 23.5 Å². The highest BCUT2D eigenvalue weighted by molar-refractivity contribution is 7.99. The number of benzene rings is 1. The van der Waals surface area contributed by atoms with Gasteiger partial charge in [0, 0.05) is 6.20 Å². The number of pyridine rings is 1. The summed E-state index contributed by atoms with van der Waals surface area (Å²) in [5, 5.41) is 13.1. The van der Waals surface area contributed by atoms with Gasteiger partial charge in [0.05, 0.1) is 22.0 Å². The molecule has 3 aromatic rings. The molecule has 146 valence electrons. The number of nitrogens with one attached hydrogen (secondary N) is 1. The van der Waals surface area contributed by atoms with Gasteiger partial charge in [0.1, 0.15) is 5.82 Å². The van der Waals surface area contributed by atoms with E-state index in [4.69, 9.17) is 11.6 Å². The van der Waals surface area contributed by atoms with Crippen molar-refractivity contribution < 1.29 is 22.4 Å². The van der Waals surface area contributed by atoms with E-state index in [9.17, 15) is 22.4 Å². The molecule has 13 heteroatoms. The Morgan fingerprint density at radius 1 is 1.29 bits per heavy atom. The summed E-state index contributed by atoms with van der Waals surface area (Å²) in [6.45, 7) is 0. The van der Waals surface area contributed by atoms with Gasteiger partial charge in [-0.15, -0.1) is 5.10 Å². The van der Waals surface area contributed by atoms with Crippen molar-refractivity contribution in [1.82, 2.24) is 25.2 Å². The first kappa shape index (κ1) is 20.0. The maximum atomic E-state index is 13.3. The summed E-state index contributed by atoms with van der Waals surface area (Å²) in [7, 11) is 0. The van der Waals surface area contributed by atoms with Crippen LogP contribution in [0.3, 0.4) is 0 Å². The summed E-state index contributed by atoms with van der Waals surface area (Å²) in [5.41, 5.74) is -0.667. The number of carbonyl (C=O) groups is 1. The zero-order chi connectivity index (χ0) is 20.3. The second kappa shape index (κ2) is 8.10. The quantitative estimate of drug-likeness (QED) is 0.490. The molecule has 1 amide bonds. The minimum atomic E-state index is -4.59. The van der Waals surface area contributed by atoms with Crippen LogP contribution in [0.15, 0.2) is 41.7 Å². The van der Waals surface area contributed by atoms with Crippen molar-refractivity contribution in [2.75, 3.05) is 11.1 Å². The predicted octanol–water partition coefficient (Wildman–Crippen LogP) is 3.60. The van der Waals surface area contributed by atoms with Gasteiger partial charge in [-0.2, -0.15) is 17.9 Å². The Bertz CT molecular complexity index is 1010. The molecule has 0 aliphatic rings. The molecule has 0 radical (unpaired) electrons. The van der Waals surface area contributed by atoms with Crippen LogP contribution in [-0.2, 0) is 11.0 Å². The van der Waals surface area contributed by atoms with E-state index in [0.29, 0.717) is 18.0 Å². The van der Waals surface area contributed by atoms with Crippen LogP contribution in [0.25, 0.3) is 5.69 Å². The fourth-order valence-electron chi connectivity index (χ4n) is 2.02. The fourth-order valence-corrected chi connectivity index (χ4v) is 2.93. The normalized spacial score (nSPS) is 11.5. The summed E-state index contributed by atoms with van der Waals surface area (Å²) in [4.78, 5) is 15.6. The second-order valence-corrected chi connectivity index (χ2v) is 6.59. The maximum absolute atomic E-state index is 13.3. The van der Waals surface area contributed by atoms with Gasteiger partial charge in [0.2, 0.25) is 11.1 Å². The second-order valence-electron chi connectivity index (χ2n) is 5.24. The minimum Gasteiger partial charge on any atom is -0.309 e. The third-order valence-electron chi connectivity index (χ3n) is 3.25. The molecule has 0 atom stereocenters. The highest BCUT2D eigenvalue weighted by Crippen LogP contribution is 2.32. The first-order valence-electron chi connectivity index (χ1n) is 7.44. The zero-order valence-corrected chi connectivity index (χ0v) is 15.2. The molecular formula is C15H9ClF4N6OS. The molecule has 2 aromatic heterocycles. The summed E-state index contributed by atoms with van der Waals surface area (Å²) in [6.07, 6.45) is -4.03. The van der Waals surface area contributed by atoms with Crippen LogP contribution in [0.1, 0.15) is 5.56 Å². The number of thioether (sulfide) groups is 1. The number of hydrogen-bond acceptors (Lipinski definition) is 6. The summed E-state index contributed by atoms with van der Waals surface area (Å²) < 4.78 is 52.4. The number of anilines is 1. The summed E-state index contributed by atoms with van der Waals surface area (Å²) in [6, 6.07) is 6.20. The van der Waals surface area contributed by atoms with Crippen LogP contribution in [0, 0.1) is 5.82 Å². The van der Waals surface area contributed by atoms with E-state index in [1.54, 1.807) is 6.07 Å². The highest BCUT2D eigenvalue weighted by Gasteiger charge is 2.31. The van der Waals surface area contributed by atoms with E-state index >= 15 is 0 Å². The molecule has 0 saturated carbocycles. The molecule has 0 spiro atoms. The zero-order valence-electron chi connectivity index (χ0n) is 13.6. The van der Waals surface area contributed by atoms with Gasteiger partial charge >= 0.3 is 6.18 Å². The third kappa shape index (κ3) is 4.75. The average Bonchev–Trinajstić information content (AvgIpc) is 3.09. The summed E-state index contributed by atoms with van der Waals surface area (Å²) >= 11 is 6.68. The number of carbonyl (C=O) groups excluding carboxylic acids is 1. The Hall–Kier alpha value is -2.73. The van der Waals surface area contributed by atoms with E-state index in [-0.39, 0.29) is 21.7 Å². The molecule has 3 rings (SSSR count). The largest absolute Gasteiger partial charge is 0.417 e. The van der Waals surface area contributed by atoms with Gasteiger partial charge in [-0.25, -0.2) is 9.37 Å². The van der Waals surface area contributed by atoms with Crippen molar-refractivity contribution in [3.63, 3.8) is 0 Å². The van der Waals surface area contributed by atoms with Crippen molar-refractivity contribution in [1.29, 1.82) is 0 Å². The number of hydrogen-bond donors (Lipinski definition) is 1. The number of nitrogens with zero attached hydrogens (tertiary/aromatic N) is 5. The lowest BCUT2D eigenvalue weighted by Gasteiger charge is -2.10. The molecule has 0 unspecified atom stereocenters. The van der Waals surface area contributed by atoms with Crippen LogP contribution in [0.4, 0.5) is 23.4 Å². The van der Waals surface area contributed by atoms with Crippen molar-refractivity contribution in [3.05, 3.63) is 52.9 Å². The van der Waals surface area contributed by atoms with Gasteiger partial charge in [-0.3, -0.25) is 4.79 Å². The van der Waals surface area contributed by atoms with Crippen LogP contribution >= 0.6 is 23.4 Å². The van der Waals surface area contributed by atoms with Crippen LogP contribution in [0.5, 0.6) is 0 Å². The molecule has 0 bridgehead atoms. The Balaban J connectivity index is 1.65. The third-order valence-corrected chi connectivity index (χ3v) is 4.46. The highest BCUT2D eigenvalue weighted by atomic mass is 35.5. The molecule has 0 aliphatic carbocycles. The van der Waals surface area contributed by atoms with Crippen LogP contribution in [-0.4, -0.2) is 36.9 Å². The first-order chi connectivity index (χ1) is 13.2. The standard InChI is InChI=1S/C15H9ClF4N6OS/c16-11-4-8(15(18,19)20)6-21-13(11)22-12(27)7-28-14-23-24-25-26(14)10-3-1-2-9(17)5-10/h1-6H,7H2,(H,21,22,27). The Morgan fingerprint density at radius 3 is 2.75 bits per heavy atom. The molecule has 2 heterocycles. The van der Waals surface area contributed by atoms with E-state index in [1.165, 1.54) is 22.9 Å². The topological polar surface area (TPSA) is 85.6 Å². The minimum absolute atomic E-state index is 0.186. The van der Waals surface area contributed by atoms with Crippen LogP contribution < -0.4 is 5.32 Å². The molecule has 0 fully saturated rings. The lowest BCUT2D eigenvalue weighted by molar-refractivity contribution is -0.137. The number of rotatable bonds is 5. The van der Waals surface area contributed by atoms with Crippen molar-refractivity contribution in [2.24, 2.45) is 0 Å². The van der Waals surface area contributed by atoms with Gasteiger partial charge in [-0.1, -0.05) is 29.4 Å². The summed E-state index contributed by atoms with van der Waals surface area (Å²) in [5.74, 6) is -1.46. The number of alkyl halides is 3. The number of amides is 1. The smallest absolute Gasteiger partial charge is 0.309 e. The average molecular weight is 433 g/mol. The monoisotopic (exact) mass is 432 g/mol. The maximum Gasteiger partial charge on any atom is 0.417 e. The molecule has 1 N–H and O–H groups in total. The molecule has 0 saturated heterocycles. The lowest BCUT2D eigenvalue weighted by Crippen LogP contribution is -2.16. The van der Waals surface area contributed by atoms with Crippen molar-refractivity contribution in [3.8, 4) is 5.69 Å². The fraction of sp³-hybridized carbons (Fsp3) is 0.133. The van der Waals surface area contributed by atoms with Gasteiger partial charge in [-0.05, 0) is 34.7 Å². The molecular weight excluding hydrogens is 424 g/mol. The molecule has 1 aromatic carbocycles. The number of aromatic nitrogens is 5. The van der Waals surface area contributed by atoms with E-state index in [0.717, 1.165) is 11.8 Å².